The quantitative estimate of drug-likeness (QED) is 0.559. The molecule has 0 bridgehead atoms. The van der Waals surface area contributed by atoms with Crippen molar-refractivity contribution >= 4 is 29.7 Å². The predicted molar refractivity (Wildman–Crippen MR) is 75.2 cm³/mol. The molecule has 110 valence electrons. The number of hydrogen-bond acceptors (Lipinski definition) is 4. The molecule has 0 saturated heterocycles. The molecule has 0 fully saturated rings. The number of hydrogen-bond donors (Lipinski definition) is 3. The van der Waals surface area contributed by atoms with Crippen LogP contribution in [0.4, 0.5) is 4.79 Å². The van der Waals surface area contributed by atoms with E-state index in [0.717, 1.165) is 18.6 Å². The Morgan fingerprint density at radius 2 is 1.89 bits per heavy atom. The zero-order chi connectivity index (χ0) is 14.7. The van der Waals surface area contributed by atoms with E-state index in [9.17, 15) is 14.4 Å². The Bertz CT molecular complexity index is 310. The summed E-state index contributed by atoms with van der Waals surface area (Å²) in [5.74, 6) is -0.629. The Balaban J connectivity index is 3.68. The summed E-state index contributed by atoms with van der Waals surface area (Å²) in [4.78, 5) is 33.2. The second kappa shape index (κ2) is 10.7. The van der Waals surface area contributed by atoms with Gasteiger partial charge in [0, 0.05) is 19.4 Å². The monoisotopic (exact) mass is 290 g/mol. The fraction of sp³-hybridized carbons (Fsp3) is 0.750. The number of unbranched alkanes of at least 4 members (excludes halogenated alkanes) is 1. The van der Waals surface area contributed by atoms with E-state index < -0.39 is 17.9 Å². The minimum Gasteiger partial charge on any atom is -0.481 e. The lowest BCUT2D eigenvalue weighted by Crippen LogP contribution is -2.40. The van der Waals surface area contributed by atoms with Gasteiger partial charge < -0.3 is 10.4 Å². The minimum atomic E-state index is -0.946. The van der Waals surface area contributed by atoms with Crippen molar-refractivity contribution in [3.05, 3.63) is 0 Å². The van der Waals surface area contributed by atoms with Gasteiger partial charge in [-0.1, -0.05) is 6.92 Å². The standard InChI is InChI=1S/C12H22N2O4S/c1-9(8-11(16)17)7-10(15)14-12(18)13-5-3-4-6-19-2/h9H,3-8H2,1-2H3,(H,16,17)(H2,13,14,15,18). The molecule has 0 aliphatic carbocycles. The lowest BCUT2D eigenvalue weighted by atomic mass is 10.0. The molecular formula is C12H22N2O4S. The molecule has 1 atom stereocenters. The first-order chi connectivity index (χ1) is 8.95. The summed E-state index contributed by atoms with van der Waals surface area (Å²) < 4.78 is 0. The molecule has 19 heavy (non-hydrogen) atoms. The van der Waals surface area contributed by atoms with Crippen molar-refractivity contribution in [3.8, 4) is 0 Å². The van der Waals surface area contributed by atoms with Gasteiger partial charge in [0.25, 0.3) is 0 Å². The SMILES string of the molecule is CSCCCCNC(=O)NC(=O)CC(C)CC(=O)O. The molecule has 0 aromatic rings. The molecular weight excluding hydrogens is 268 g/mol. The Kier molecular flexibility index (Phi) is 9.97. The van der Waals surface area contributed by atoms with Crippen molar-refractivity contribution in [1.29, 1.82) is 0 Å². The van der Waals surface area contributed by atoms with Crippen LogP contribution in [0.3, 0.4) is 0 Å². The fourth-order valence-corrected chi connectivity index (χ4v) is 1.97. The minimum absolute atomic E-state index is 0.0339. The van der Waals surface area contributed by atoms with E-state index in [4.69, 9.17) is 5.11 Å². The highest BCUT2D eigenvalue weighted by atomic mass is 32.2. The van der Waals surface area contributed by atoms with Gasteiger partial charge in [-0.2, -0.15) is 11.8 Å². The maximum atomic E-state index is 11.4. The van der Waals surface area contributed by atoms with Crippen molar-refractivity contribution in [2.75, 3.05) is 18.6 Å². The molecule has 0 aromatic carbocycles. The second-order valence-corrected chi connectivity index (χ2v) is 5.40. The third-order valence-electron chi connectivity index (χ3n) is 2.37. The van der Waals surface area contributed by atoms with Crippen LogP contribution in [-0.4, -0.2) is 41.6 Å². The van der Waals surface area contributed by atoms with Gasteiger partial charge in [0.1, 0.15) is 0 Å². The summed E-state index contributed by atoms with van der Waals surface area (Å²) >= 11 is 1.75. The van der Waals surface area contributed by atoms with Gasteiger partial charge in [0.15, 0.2) is 0 Å². The molecule has 3 amide bonds. The maximum Gasteiger partial charge on any atom is 0.321 e. The van der Waals surface area contributed by atoms with E-state index in [1.807, 2.05) is 6.26 Å². The van der Waals surface area contributed by atoms with Crippen molar-refractivity contribution in [2.45, 2.75) is 32.6 Å². The number of rotatable bonds is 9. The number of carbonyl (C=O) groups excluding carboxylic acids is 2. The number of carboxylic acid groups (broad SMARTS) is 1. The Hall–Kier alpha value is -1.24. The molecule has 0 spiro atoms. The number of urea groups is 1. The molecule has 0 heterocycles. The van der Waals surface area contributed by atoms with E-state index in [-0.39, 0.29) is 18.8 Å². The first kappa shape index (κ1) is 17.8. The Labute approximate surface area is 117 Å². The lowest BCUT2D eigenvalue weighted by molar-refractivity contribution is -0.138. The third-order valence-corrected chi connectivity index (χ3v) is 3.07. The van der Waals surface area contributed by atoms with Crippen molar-refractivity contribution in [1.82, 2.24) is 10.6 Å². The number of nitrogens with one attached hydrogen (secondary N) is 2. The van der Waals surface area contributed by atoms with E-state index in [1.165, 1.54) is 0 Å². The highest BCUT2D eigenvalue weighted by Gasteiger charge is 2.14. The smallest absolute Gasteiger partial charge is 0.321 e. The number of thioether (sulfide) groups is 1. The average Bonchev–Trinajstić information content (AvgIpc) is 2.26. The van der Waals surface area contributed by atoms with E-state index >= 15 is 0 Å². The molecule has 0 aliphatic rings. The second-order valence-electron chi connectivity index (χ2n) is 4.41. The molecule has 0 rings (SSSR count). The number of carboxylic acids is 1. The number of carbonyl (C=O) groups is 3. The molecule has 7 heteroatoms. The van der Waals surface area contributed by atoms with Crippen LogP contribution >= 0.6 is 11.8 Å². The Morgan fingerprint density at radius 1 is 1.21 bits per heavy atom. The van der Waals surface area contributed by atoms with Crippen LogP contribution in [0.5, 0.6) is 0 Å². The summed E-state index contributed by atoms with van der Waals surface area (Å²) in [5.41, 5.74) is 0. The van der Waals surface area contributed by atoms with Gasteiger partial charge in [-0.15, -0.1) is 0 Å². The van der Waals surface area contributed by atoms with Gasteiger partial charge in [-0.3, -0.25) is 14.9 Å². The van der Waals surface area contributed by atoms with Gasteiger partial charge in [-0.05, 0) is 30.8 Å². The highest BCUT2D eigenvalue weighted by Crippen LogP contribution is 2.06. The Morgan fingerprint density at radius 3 is 2.47 bits per heavy atom. The summed E-state index contributed by atoms with van der Waals surface area (Å²) in [6, 6.07) is -0.517. The van der Waals surface area contributed by atoms with Crippen LogP contribution in [-0.2, 0) is 9.59 Å². The van der Waals surface area contributed by atoms with Crippen molar-refractivity contribution in [3.63, 3.8) is 0 Å². The van der Waals surface area contributed by atoms with Crippen LogP contribution in [0, 0.1) is 5.92 Å². The molecule has 6 nitrogen and oxygen atoms in total. The van der Waals surface area contributed by atoms with Gasteiger partial charge in [-0.25, -0.2) is 4.79 Å². The molecule has 0 aliphatic heterocycles. The van der Waals surface area contributed by atoms with E-state index in [0.29, 0.717) is 6.54 Å². The number of imide groups is 1. The largest absolute Gasteiger partial charge is 0.481 e. The number of amides is 3. The maximum absolute atomic E-state index is 11.4. The first-order valence-electron chi connectivity index (χ1n) is 6.24. The summed E-state index contributed by atoms with van der Waals surface area (Å²) in [7, 11) is 0. The van der Waals surface area contributed by atoms with Crippen LogP contribution in [0.2, 0.25) is 0 Å². The molecule has 3 N–H and O–H groups in total. The van der Waals surface area contributed by atoms with Crippen molar-refractivity contribution < 1.29 is 19.5 Å². The fourth-order valence-electron chi connectivity index (χ4n) is 1.48. The summed E-state index contributed by atoms with van der Waals surface area (Å²) in [6.07, 6.45) is 3.87. The van der Waals surface area contributed by atoms with Gasteiger partial charge in [0.2, 0.25) is 5.91 Å². The third kappa shape index (κ3) is 11.6. The zero-order valence-electron chi connectivity index (χ0n) is 11.4. The number of aliphatic carboxylic acids is 1. The summed E-state index contributed by atoms with van der Waals surface area (Å²) in [5, 5.41) is 13.3. The molecule has 0 saturated carbocycles. The predicted octanol–water partition coefficient (Wildman–Crippen LogP) is 1.46. The average molecular weight is 290 g/mol. The molecule has 0 radical (unpaired) electrons. The van der Waals surface area contributed by atoms with Gasteiger partial charge in [0.05, 0.1) is 0 Å². The molecule has 0 aromatic heterocycles. The normalized spacial score (nSPS) is 11.7. The lowest BCUT2D eigenvalue weighted by Gasteiger charge is -2.09. The van der Waals surface area contributed by atoms with Crippen molar-refractivity contribution in [2.24, 2.45) is 5.92 Å². The van der Waals surface area contributed by atoms with Crippen LogP contribution in [0.15, 0.2) is 0 Å². The highest BCUT2D eigenvalue weighted by molar-refractivity contribution is 7.98. The van der Waals surface area contributed by atoms with Crippen LogP contribution in [0.25, 0.3) is 0 Å². The summed E-state index contributed by atoms with van der Waals surface area (Å²) in [6.45, 7) is 2.19. The zero-order valence-corrected chi connectivity index (χ0v) is 12.2. The van der Waals surface area contributed by atoms with Crippen LogP contribution in [0.1, 0.15) is 32.6 Å². The van der Waals surface area contributed by atoms with Gasteiger partial charge >= 0.3 is 12.0 Å². The van der Waals surface area contributed by atoms with Crippen LogP contribution < -0.4 is 10.6 Å². The van der Waals surface area contributed by atoms with E-state index in [1.54, 1.807) is 18.7 Å². The molecule has 1 unspecified atom stereocenters. The topological polar surface area (TPSA) is 95.5 Å². The van der Waals surface area contributed by atoms with E-state index in [2.05, 4.69) is 10.6 Å². The first-order valence-corrected chi connectivity index (χ1v) is 7.63.